The highest BCUT2D eigenvalue weighted by Crippen LogP contribution is 2.59. The Hall–Kier alpha value is -3.42. The number of allylic oxidation sites excluding steroid dienone is 7. The third kappa shape index (κ3) is 16.3. The number of methoxy groups -OCH3 is 2. The minimum absolute atomic E-state index is 0.0645. The van der Waals surface area contributed by atoms with Crippen molar-refractivity contribution in [2.75, 3.05) is 41.5 Å². The zero-order chi connectivity index (χ0) is 52.9. The van der Waals surface area contributed by atoms with Crippen LogP contribution in [0.4, 0.5) is 0 Å². The van der Waals surface area contributed by atoms with Gasteiger partial charge >= 0.3 is 7.82 Å². The van der Waals surface area contributed by atoms with Gasteiger partial charge in [0.05, 0.1) is 49.2 Å². The lowest BCUT2D eigenvalue weighted by Gasteiger charge is -2.50. The number of carbonyl (C=O) groups is 1. The van der Waals surface area contributed by atoms with Crippen molar-refractivity contribution in [3.8, 4) is 6.07 Å². The number of likely N-dealkylation sites (N-methyl/N-ethyl adjacent to an activating group) is 1. The summed E-state index contributed by atoms with van der Waals surface area (Å²) in [5, 5.41) is 67.1. The predicted octanol–water partition coefficient (Wildman–Crippen LogP) is 4.69. The molecular weight excluding hydrogens is 928 g/mol. The number of carbonyl (C=O) groups excluding carboxylic acids is 1. The number of aromatic nitrogens is 1. The van der Waals surface area contributed by atoms with Crippen molar-refractivity contribution in [1.82, 2.24) is 15.2 Å². The Morgan fingerprint density at radius 1 is 1.09 bits per heavy atom. The van der Waals surface area contributed by atoms with E-state index in [1.807, 2.05) is 78.0 Å². The Kier molecular flexibility index (Phi) is 23.5. The number of hydrogen-bond acceptors (Lipinski definition) is 16. The second kappa shape index (κ2) is 27.0. The van der Waals surface area contributed by atoms with Crippen molar-refractivity contribution in [3.05, 3.63) is 71.0 Å². The van der Waals surface area contributed by atoms with E-state index in [1.165, 1.54) is 26.6 Å². The number of rotatable bonds is 26. The summed E-state index contributed by atoms with van der Waals surface area (Å²) in [6.45, 7) is 16.6. The fourth-order valence-corrected chi connectivity index (χ4v) is 9.64. The molecule has 8 N–H and O–H groups in total. The lowest BCUT2D eigenvalue weighted by molar-refractivity contribution is -0.334. The SMILES string of the molecule is COC[C@@H]([C@H](O)[C@H](O)C(=O)NCC[C@H](C)c1nc(/C=C/C[C@@H]2O[C@]3(C[C@@H](O)[C@@H]2C)O[C@H]([C@H](C[C@H](O)[C@H](C)[C@H](O)[C@H](C)/C=C(C)/C(C)=C/C=C/C(C)=C/C#N)OC)[C@H](OP(=O)(O)O)C3(C)C)co1)N(C)C. The number of phosphoric ester groups is 1. The molecular formula is C50H81N4O15P. The molecule has 2 aliphatic heterocycles. The van der Waals surface area contributed by atoms with Crippen LogP contribution in [0.25, 0.3) is 6.08 Å². The molecule has 3 heterocycles. The van der Waals surface area contributed by atoms with E-state index in [-0.39, 0.29) is 44.2 Å². The third-order valence-corrected chi connectivity index (χ3v) is 14.5. The summed E-state index contributed by atoms with van der Waals surface area (Å²) < 4.78 is 48.2. The van der Waals surface area contributed by atoms with Crippen LogP contribution in [0.1, 0.15) is 105 Å². The van der Waals surface area contributed by atoms with Crippen LogP contribution in [0, 0.1) is 34.5 Å². The normalized spacial score (nSPS) is 27.6. The molecule has 19 nitrogen and oxygen atoms in total. The van der Waals surface area contributed by atoms with Crippen LogP contribution in [0.3, 0.4) is 0 Å². The zero-order valence-corrected chi connectivity index (χ0v) is 44.0. The lowest BCUT2D eigenvalue weighted by Crippen LogP contribution is -2.58. The van der Waals surface area contributed by atoms with Crippen LogP contribution in [0.5, 0.6) is 0 Å². The van der Waals surface area contributed by atoms with Crippen LogP contribution in [0.2, 0.25) is 0 Å². The molecule has 0 unspecified atom stereocenters. The second-order valence-electron chi connectivity index (χ2n) is 19.9. The van der Waals surface area contributed by atoms with Crippen molar-refractivity contribution < 1.29 is 72.6 Å². The Balaban J connectivity index is 1.74. The minimum Gasteiger partial charge on any atom is -0.448 e. The molecule has 2 saturated heterocycles. The molecule has 0 aromatic carbocycles. The molecule has 0 radical (unpaired) electrons. The number of amides is 1. The Morgan fingerprint density at radius 3 is 2.36 bits per heavy atom. The van der Waals surface area contributed by atoms with Crippen LogP contribution in [-0.4, -0.2) is 159 Å². The molecule has 1 amide bonds. The van der Waals surface area contributed by atoms with Gasteiger partial charge in [-0.25, -0.2) is 9.55 Å². The first kappa shape index (κ1) is 60.9. The summed E-state index contributed by atoms with van der Waals surface area (Å²) in [7, 11) is 1.12. The van der Waals surface area contributed by atoms with Gasteiger partial charge in [-0.1, -0.05) is 77.5 Å². The molecule has 1 aromatic heterocycles. The van der Waals surface area contributed by atoms with E-state index in [0.717, 1.165) is 16.7 Å². The summed E-state index contributed by atoms with van der Waals surface area (Å²) in [6, 6.07) is 1.40. The standard InChI is InChI=1S/C50H81N4O15P/c1-29(20-22-51)16-14-17-30(2)32(4)24-33(5)42(57)35(7)38(55)25-41(65-13)45-46(69-70(61,62)63)49(8,9)50(68-45)26-39(56)34(6)40(67-50)19-15-18-36-27-66-48(53-36)31(3)21-23-52-47(60)44(59)43(58)37(28-64-12)54(10)11/h14-18,20,24,27,31,33-35,37-46,55-59H,19,21,23,25-26,28H2,1-13H3,(H,52,60)(H2,61,62,63)/b16-14+,18-15+,29-20+,30-17+,32-24+/t31-,33+,34-,35-,37-,38-,39+,40-,41-,42+,43-,44-,45+,46-,50+/m0/s1. The molecule has 0 bridgehead atoms. The van der Waals surface area contributed by atoms with E-state index < -0.39 is 97.7 Å². The van der Waals surface area contributed by atoms with Gasteiger partial charge in [0.15, 0.2) is 17.8 Å². The van der Waals surface area contributed by atoms with Gasteiger partial charge in [0, 0.05) is 68.8 Å². The number of aliphatic hydroxyl groups excluding tert-OH is 5. The molecule has 1 aromatic rings. The average Bonchev–Trinajstić information content (AvgIpc) is 3.84. The first-order valence-electron chi connectivity index (χ1n) is 23.8. The monoisotopic (exact) mass is 1010 g/mol. The molecule has 70 heavy (non-hydrogen) atoms. The summed E-state index contributed by atoms with van der Waals surface area (Å²) in [6.07, 6.45) is 4.10. The summed E-state index contributed by atoms with van der Waals surface area (Å²) in [4.78, 5) is 39.2. The maximum Gasteiger partial charge on any atom is 0.469 e. The van der Waals surface area contributed by atoms with Gasteiger partial charge in [-0.05, 0) is 64.9 Å². The number of nitrogens with zero attached hydrogens (tertiary/aromatic N) is 3. The molecule has 1 spiro atoms. The van der Waals surface area contributed by atoms with Crippen molar-refractivity contribution in [3.63, 3.8) is 0 Å². The molecule has 2 aliphatic rings. The van der Waals surface area contributed by atoms with Crippen LogP contribution in [-0.2, 0) is 32.8 Å². The van der Waals surface area contributed by atoms with Crippen molar-refractivity contribution in [2.45, 2.75) is 161 Å². The molecule has 396 valence electrons. The zero-order valence-electron chi connectivity index (χ0n) is 43.1. The van der Waals surface area contributed by atoms with E-state index in [4.69, 9.17) is 33.2 Å². The van der Waals surface area contributed by atoms with Crippen LogP contribution >= 0.6 is 7.82 Å². The first-order chi connectivity index (χ1) is 32.6. The first-order valence-corrected chi connectivity index (χ1v) is 25.4. The van der Waals surface area contributed by atoms with Crippen molar-refractivity contribution in [2.24, 2.45) is 23.2 Å². The number of phosphoric acid groups is 1. The lowest BCUT2D eigenvalue weighted by atomic mass is 9.72. The maximum atomic E-state index is 12.6. The average molecular weight is 1010 g/mol. The van der Waals surface area contributed by atoms with Crippen LogP contribution in [0.15, 0.2) is 63.9 Å². The maximum absolute atomic E-state index is 12.6. The van der Waals surface area contributed by atoms with E-state index in [0.29, 0.717) is 18.0 Å². The molecule has 15 atom stereocenters. The molecule has 3 rings (SSSR count). The summed E-state index contributed by atoms with van der Waals surface area (Å²) >= 11 is 0. The van der Waals surface area contributed by atoms with E-state index in [1.54, 1.807) is 45.8 Å². The van der Waals surface area contributed by atoms with Gasteiger partial charge in [0.25, 0.3) is 5.91 Å². The highest BCUT2D eigenvalue weighted by molar-refractivity contribution is 7.46. The van der Waals surface area contributed by atoms with Gasteiger partial charge in [0.2, 0.25) is 0 Å². The number of ether oxygens (including phenoxy) is 4. The van der Waals surface area contributed by atoms with E-state index in [9.17, 15) is 44.7 Å². The van der Waals surface area contributed by atoms with Gasteiger partial charge in [-0.15, -0.1) is 0 Å². The molecule has 2 fully saturated rings. The third-order valence-electron chi connectivity index (χ3n) is 14.0. The minimum atomic E-state index is -5.15. The Labute approximate surface area is 414 Å². The van der Waals surface area contributed by atoms with E-state index >= 15 is 0 Å². The predicted molar refractivity (Wildman–Crippen MR) is 262 cm³/mol. The number of hydrogen-bond donors (Lipinski definition) is 8. The van der Waals surface area contributed by atoms with Crippen molar-refractivity contribution >= 4 is 19.8 Å². The van der Waals surface area contributed by atoms with Crippen molar-refractivity contribution in [1.29, 1.82) is 5.26 Å². The van der Waals surface area contributed by atoms with Gasteiger partial charge in [-0.3, -0.25) is 9.32 Å². The largest absolute Gasteiger partial charge is 0.469 e. The quantitative estimate of drug-likeness (QED) is 0.0355. The van der Waals surface area contributed by atoms with Gasteiger partial charge < -0.3 is 68.9 Å². The smallest absolute Gasteiger partial charge is 0.448 e. The molecule has 20 heteroatoms. The van der Waals surface area contributed by atoms with Gasteiger partial charge in [0.1, 0.15) is 30.3 Å². The van der Waals surface area contributed by atoms with Crippen LogP contribution < -0.4 is 5.32 Å². The number of nitriles is 1. The molecule has 0 aliphatic carbocycles. The fourth-order valence-electron chi connectivity index (χ4n) is 8.96. The Morgan fingerprint density at radius 2 is 1.76 bits per heavy atom. The highest BCUT2D eigenvalue weighted by Gasteiger charge is 2.68. The highest BCUT2D eigenvalue weighted by atomic mass is 31.2. The number of oxazole rings is 1. The fraction of sp³-hybridized carbons (Fsp3) is 0.700. The topological polar surface area (TPSA) is 287 Å². The summed E-state index contributed by atoms with van der Waals surface area (Å²) in [5.74, 6) is -3.63. The summed E-state index contributed by atoms with van der Waals surface area (Å²) in [5.41, 5.74) is 1.87. The van der Waals surface area contributed by atoms with Gasteiger partial charge in [-0.2, -0.15) is 5.26 Å². The second-order valence-corrected chi connectivity index (χ2v) is 21.1. The van der Waals surface area contributed by atoms with E-state index in [2.05, 4.69) is 10.3 Å². The number of nitrogens with one attached hydrogen (secondary N) is 1. The Bertz CT molecular complexity index is 2080. The number of aliphatic hydroxyl groups is 5. The molecule has 0 saturated carbocycles.